The molecule has 5 nitrogen and oxygen atoms in total. The van der Waals surface area contributed by atoms with E-state index in [1.54, 1.807) is 19.1 Å². The molecular weight excluding hydrogens is 246 g/mol. The molecule has 0 atom stereocenters. The lowest BCUT2D eigenvalue weighted by atomic mass is 9.85. The first kappa shape index (κ1) is 13.8. The number of ether oxygens (including phenoxy) is 2. The van der Waals surface area contributed by atoms with Crippen molar-refractivity contribution < 1.29 is 19.4 Å². The molecule has 2 rings (SSSR count). The van der Waals surface area contributed by atoms with Gasteiger partial charge in [-0.15, -0.1) is 0 Å². The minimum absolute atomic E-state index is 0.0906. The molecule has 1 aliphatic heterocycles. The molecule has 1 aromatic rings. The van der Waals surface area contributed by atoms with Crippen LogP contribution in [0.3, 0.4) is 0 Å². The zero-order chi connectivity index (χ0) is 13.9. The SMILES string of the molecule is COc1ccccc1CN(C)C(=O)C1(CO)COC1. The monoisotopic (exact) mass is 265 g/mol. The molecule has 0 radical (unpaired) electrons. The second-order valence-electron chi connectivity index (χ2n) is 4.90. The summed E-state index contributed by atoms with van der Waals surface area (Å²) in [7, 11) is 3.33. The number of methoxy groups -OCH3 is 1. The quantitative estimate of drug-likeness (QED) is 0.850. The summed E-state index contributed by atoms with van der Waals surface area (Å²) in [6.07, 6.45) is 0. The standard InChI is InChI=1S/C14H19NO4/c1-15(13(17)14(8-16)9-19-10-14)7-11-5-3-4-6-12(11)18-2/h3-6,16H,7-10H2,1-2H3. The van der Waals surface area contributed by atoms with Crippen molar-refractivity contribution in [2.24, 2.45) is 5.41 Å². The lowest BCUT2D eigenvalue weighted by molar-refractivity contribution is -0.179. The minimum Gasteiger partial charge on any atom is -0.496 e. The molecule has 104 valence electrons. The summed E-state index contributed by atoms with van der Waals surface area (Å²) in [4.78, 5) is 13.9. The fraction of sp³-hybridized carbons (Fsp3) is 0.500. The van der Waals surface area contributed by atoms with Gasteiger partial charge in [-0.3, -0.25) is 4.79 Å². The fourth-order valence-corrected chi connectivity index (χ4v) is 2.20. The van der Waals surface area contributed by atoms with E-state index in [1.807, 2.05) is 24.3 Å². The van der Waals surface area contributed by atoms with Gasteiger partial charge in [-0.25, -0.2) is 0 Å². The molecule has 0 saturated carbocycles. The third kappa shape index (κ3) is 2.57. The Labute approximate surface area is 112 Å². The number of amides is 1. The van der Waals surface area contributed by atoms with E-state index in [2.05, 4.69) is 0 Å². The number of aliphatic hydroxyl groups excluding tert-OH is 1. The van der Waals surface area contributed by atoms with Gasteiger partial charge in [-0.05, 0) is 6.07 Å². The van der Waals surface area contributed by atoms with Crippen molar-refractivity contribution >= 4 is 5.91 Å². The third-order valence-electron chi connectivity index (χ3n) is 3.46. The van der Waals surface area contributed by atoms with E-state index in [1.165, 1.54) is 0 Å². The Hall–Kier alpha value is -1.59. The summed E-state index contributed by atoms with van der Waals surface area (Å²) in [6.45, 7) is 0.851. The molecule has 0 bridgehead atoms. The molecule has 1 aromatic carbocycles. The van der Waals surface area contributed by atoms with Gasteiger partial charge < -0.3 is 19.5 Å². The Kier molecular flexibility index (Phi) is 4.07. The number of nitrogens with zero attached hydrogens (tertiary/aromatic N) is 1. The number of benzene rings is 1. The molecule has 0 spiro atoms. The van der Waals surface area contributed by atoms with Crippen molar-refractivity contribution in [1.29, 1.82) is 0 Å². The van der Waals surface area contributed by atoms with Crippen LogP contribution < -0.4 is 4.74 Å². The van der Waals surface area contributed by atoms with Crippen LogP contribution in [0.25, 0.3) is 0 Å². The van der Waals surface area contributed by atoms with E-state index in [0.717, 1.165) is 11.3 Å². The molecule has 1 fully saturated rings. The Bertz CT molecular complexity index is 451. The first-order chi connectivity index (χ1) is 9.13. The summed E-state index contributed by atoms with van der Waals surface area (Å²) < 4.78 is 10.3. The zero-order valence-electron chi connectivity index (χ0n) is 11.3. The van der Waals surface area contributed by atoms with Gasteiger partial charge in [-0.1, -0.05) is 18.2 Å². The third-order valence-corrected chi connectivity index (χ3v) is 3.46. The average molecular weight is 265 g/mol. The number of rotatable bonds is 5. The largest absolute Gasteiger partial charge is 0.496 e. The van der Waals surface area contributed by atoms with E-state index in [4.69, 9.17) is 9.47 Å². The lowest BCUT2D eigenvalue weighted by Crippen LogP contribution is -2.56. The maximum atomic E-state index is 12.3. The summed E-state index contributed by atoms with van der Waals surface area (Å²) >= 11 is 0. The molecule has 1 aliphatic rings. The minimum atomic E-state index is -0.753. The van der Waals surface area contributed by atoms with Crippen LogP contribution in [0.2, 0.25) is 0 Å². The van der Waals surface area contributed by atoms with Gasteiger partial charge in [0, 0.05) is 19.2 Å². The van der Waals surface area contributed by atoms with Crippen LogP contribution in [0.1, 0.15) is 5.56 Å². The van der Waals surface area contributed by atoms with Crippen LogP contribution in [-0.2, 0) is 16.1 Å². The number of carbonyl (C=O) groups is 1. The predicted molar refractivity (Wildman–Crippen MR) is 69.8 cm³/mol. The molecule has 1 N–H and O–H groups in total. The number of hydrogen-bond donors (Lipinski definition) is 1. The van der Waals surface area contributed by atoms with Crippen LogP contribution in [0.15, 0.2) is 24.3 Å². The van der Waals surface area contributed by atoms with Crippen LogP contribution in [-0.4, -0.2) is 49.9 Å². The van der Waals surface area contributed by atoms with Crippen LogP contribution in [0.4, 0.5) is 0 Å². The van der Waals surface area contributed by atoms with Crippen molar-refractivity contribution in [3.8, 4) is 5.75 Å². The van der Waals surface area contributed by atoms with Gasteiger partial charge in [-0.2, -0.15) is 0 Å². The summed E-state index contributed by atoms with van der Waals surface area (Å²) in [5, 5.41) is 9.37. The van der Waals surface area contributed by atoms with Crippen molar-refractivity contribution in [1.82, 2.24) is 4.90 Å². The van der Waals surface area contributed by atoms with Gasteiger partial charge in [0.1, 0.15) is 11.2 Å². The van der Waals surface area contributed by atoms with Gasteiger partial charge >= 0.3 is 0 Å². The van der Waals surface area contributed by atoms with E-state index in [0.29, 0.717) is 19.8 Å². The topological polar surface area (TPSA) is 59.0 Å². The van der Waals surface area contributed by atoms with Crippen molar-refractivity contribution in [3.05, 3.63) is 29.8 Å². The van der Waals surface area contributed by atoms with Crippen LogP contribution >= 0.6 is 0 Å². The fourth-order valence-electron chi connectivity index (χ4n) is 2.20. The highest BCUT2D eigenvalue weighted by Gasteiger charge is 2.46. The van der Waals surface area contributed by atoms with Crippen molar-refractivity contribution in [2.75, 3.05) is 34.0 Å². The second kappa shape index (κ2) is 5.59. The number of hydrogen-bond acceptors (Lipinski definition) is 4. The smallest absolute Gasteiger partial charge is 0.235 e. The molecule has 1 heterocycles. The normalized spacial score (nSPS) is 16.6. The highest BCUT2D eigenvalue weighted by atomic mass is 16.5. The number of carbonyl (C=O) groups excluding carboxylic acids is 1. The zero-order valence-corrected chi connectivity index (χ0v) is 11.3. The summed E-state index contributed by atoms with van der Waals surface area (Å²) in [5.74, 6) is 0.664. The molecule has 0 aliphatic carbocycles. The second-order valence-corrected chi connectivity index (χ2v) is 4.90. The van der Waals surface area contributed by atoms with E-state index in [-0.39, 0.29) is 12.5 Å². The highest BCUT2D eigenvalue weighted by molar-refractivity contribution is 5.83. The molecule has 5 heteroatoms. The van der Waals surface area contributed by atoms with Gasteiger partial charge in [0.25, 0.3) is 0 Å². The highest BCUT2D eigenvalue weighted by Crippen LogP contribution is 2.30. The average Bonchev–Trinajstić information content (AvgIpc) is 2.38. The van der Waals surface area contributed by atoms with Gasteiger partial charge in [0.15, 0.2) is 0 Å². The van der Waals surface area contributed by atoms with E-state index in [9.17, 15) is 9.90 Å². The summed E-state index contributed by atoms with van der Waals surface area (Å²) in [6, 6.07) is 7.58. The van der Waals surface area contributed by atoms with Gasteiger partial charge in [0.05, 0.1) is 26.9 Å². The van der Waals surface area contributed by atoms with Crippen LogP contribution in [0.5, 0.6) is 5.75 Å². The molecular formula is C14H19NO4. The Morgan fingerprint density at radius 2 is 2.16 bits per heavy atom. The lowest BCUT2D eigenvalue weighted by Gasteiger charge is -2.40. The number of aliphatic hydroxyl groups is 1. The molecule has 0 aromatic heterocycles. The maximum Gasteiger partial charge on any atom is 0.235 e. The van der Waals surface area contributed by atoms with E-state index >= 15 is 0 Å². The molecule has 19 heavy (non-hydrogen) atoms. The van der Waals surface area contributed by atoms with E-state index < -0.39 is 5.41 Å². The molecule has 0 unspecified atom stereocenters. The first-order valence-electron chi connectivity index (χ1n) is 6.19. The van der Waals surface area contributed by atoms with Crippen molar-refractivity contribution in [2.45, 2.75) is 6.54 Å². The predicted octanol–water partition coefficient (Wildman–Crippen LogP) is 0.662. The van der Waals surface area contributed by atoms with Crippen LogP contribution in [0, 0.1) is 5.41 Å². The summed E-state index contributed by atoms with van der Waals surface area (Å²) in [5.41, 5.74) is 0.186. The Morgan fingerprint density at radius 3 is 2.68 bits per heavy atom. The molecule has 1 saturated heterocycles. The number of para-hydroxylation sites is 1. The maximum absolute atomic E-state index is 12.3. The van der Waals surface area contributed by atoms with Gasteiger partial charge in [0.2, 0.25) is 5.91 Å². The first-order valence-corrected chi connectivity index (χ1v) is 6.19. The Morgan fingerprint density at radius 1 is 1.47 bits per heavy atom. The van der Waals surface area contributed by atoms with Crippen molar-refractivity contribution in [3.63, 3.8) is 0 Å². The Balaban J connectivity index is 2.08. The molecule has 1 amide bonds.